The summed E-state index contributed by atoms with van der Waals surface area (Å²) in [5, 5.41) is 0. The topological polar surface area (TPSA) is 17.1 Å². The van der Waals surface area contributed by atoms with Crippen LogP contribution in [0.15, 0.2) is 54.6 Å². The van der Waals surface area contributed by atoms with Crippen LogP contribution in [0.2, 0.25) is 4.47 Å². The van der Waals surface area contributed by atoms with E-state index >= 15 is 0 Å². The number of rotatable bonds is 4. The fraction of sp³-hybridized carbons (Fsp3) is 0.0714. The van der Waals surface area contributed by atoms with E-state index in [0.29, 0.717) is 5.56 Å². The van der Waals surface area contributed by atoms with Gasteiger partial charge in [-0.25, -0.2) is 0 Å². The van der Waals surface area contributed by atoms with Crippen molar-refractivity contribution < 1.29 is 4.79 Å². The minimum absolute atomic E-state index is 0.0673. The van der Waals surface area contributed by atoms with Crippen LogP contribution in [-0.2, 0) is 0 Å². The molecule has 0 spiro atoms. The molecule has 2 aromatic carbocycles. The predicted octanol–water partition coefficient (Wildman–Crippen LogP) is 5.19. The van der Waals surface area contributed by atoms with Gasteiger partial charge in [0.1, 0.15) is 0 Å². The molecule has 2 aromatic rings. The molecule has 0 N–H and O–H groups in total. The fourth-order valence-corrected chi connectivity index (χ4v) is 5.03. The Morgan fingerprint density at radius 2 is 1.37 bits per heavy atom. The number of halogens is 3. The van der Waals surface area contributed by atoms with Crippen LogP contribution < -0.4 is 0 Å². The van der Waals surface area contributed by atoms with Gasteiger partial charge in [0, 0.05) is 0 Å². The maximum absolute atomic E-state index is 11.9. The molecule has 0 atom stereocenters. The van der Waals surface area contributed by atoms with Crippen molar-refractivity contribution in [3.63, 3.8) is 0 Å². The molecule has 0 heterocycles. The Morgan fingerprint density at radius 3 is 1.89 bits per heavy atom. The molecule has 19 heavy (non-hydrogen) atoms. The van der Waals surface area contributed by atoms with Crippen LogP contribution in [0.3, 0.4) is 0 Å². The number of carbonyl (C=O) groups excluding carboxylic acids is 1. The van der Waals surface area contributed by atoms with E-state index in [-0.39, 0.29) is 10.3 Å². The van der Waals surface area contributed by atoms with Gasteiger partial charge in [-0.3, -0.25) is 0 Å². The van der Waals surface area contributed by atoms with Gasteiger partial charge < -0.3 is 0 Å². The molecule has 0 aromatic heterocycles. The van der Waals surface area contributed by atoms with Crippen molar-refractivity contribution in [1.29, 1.82) is 0 Å². The molecule has 5 heteroatoms. The quantitative estimate of drug-likeness (QED) is 0.483. The molecule has 0 saturated heterocycles. The second kappa shape index (κ2) is 6.48. The van der Waals surface area contributed by atoms with E-state index in [1.54, 1.807) is 12.1 Å². The summed E-state index contributed by atoms with van der Waals surface area (Å²) in [6.45, 7) is 0. The first-order valence-corrected chi connectivity index (χ1v) is 16.0. The Bertz CT molecular complexity index is 561. The number of ketones is 1. The number of hydrogen-bond acceptors (Lipinski definition) is 1. The summed E-state index contributed by atoms with van der Waals surface area (Å²) in [6.07, 6.45) is 0. The molecule has 0 bridgehead atoms. The monoisotopic (exact) mass is 430 g/mol. The van der Waals surface area contributed by atoms with Gasteiger partial charge in [0.2, 0.25) is 0 Å². The zero-order valence-corrected chi connectivity index (χ0v) is 14.5. The summed E-state index contributed by atoms with van der Waals surface area (Å²) in [5.74, 6) is -0.0965. The van der Waals surface area contributed by atoms with E-state index < -0.39 is 14.8 Å². The first-order valence-electron chi connectivity index (χ1n) is 5.54. The molecule has 1 nitrogen and oxygen atoms in total. The SMILES string of the molecule is O=C(C[Te](Cl)(Cl)Cl)c1ccc(-c2ccccc2)cc1. The second-order valence-corrected chi connectivity index (χ2v) is 21.5. The van der Waals surface area contributed by atoms with Crippen molar-refractivity contribution in [2.75, 3.05) is 0 Å². The number of benzene rings is 2. The molecule has 0 amide bonds. The summed E-state index contributed by atoms with van der Waals surface area (Å²) in [4.78, 5) is 11.9. The Balaban J connectivity index is 2.17. The molecule has 0 fully saturated rings. The van der Waals surface area contributed by atoms with Gasteiger partial charge in [-0.1, -0.05) is 0 Å². The van der Waals surface area contributed by atoms with Gasteiger partial charge in [0.15, 0.2) is 0 Å². The van der Waals surface area contributed by atoms with E-state index in [2.05, 4.69) is 0 Å². The summed E-state index contributed by atoms with van der Waals surface area (Å²) in [7, 11) is 17.4. The van der Waals surface area contributed by atoms with Crippen molar-refractivity contribution in [2.45, 2.75) is 4.47 Å². The molecule has 0 aliphatic carbocycles. The molecular formula is C14H11Cl3OTe. The third-order valence-electron chi connectivity index (χ3n) is 2.61. The number of carbonyl (C=O) groups is 1. The standard InChI is InChI=1S/C14H11Cl3OTe/c15-19(16,17)10-14(18)13-8-6-12(7-9-13)11-4-2-1-3-5-11/h1-9H,10H2. The van der Waals surface area contributed by atoms with Crippen molar-refractivity contribution in [3.8, 4) is 11.1 Å². The van der Waals surface area contributed by atoms with Crippen molar-refractivity contribution >= 4 is 47.5 Å². The van der Waals surface area contributed by atoms with Crippen LogP contribution in [0.4, 0.5) is 0 Å². The van der Waals surface area contributed by atoms with Gasteiger partial charge in [0.05, 0.1) is 0 Å². The Kier molecular flexibility index (Phi) is 5.17. The van der Waals surface area contributed by atoms with E-state index in [4.69, 9.17) is 26.9 Å². The molecule has 2 rings (SSSR count). The van der Waals surface area contributed by atoms with Crippen LogP contribution in [0.5, 0.6) is 0 Å². The summed E-state index contributed by atoms with van der Waals surface area (Å²) < 4.78 is 0.0673. The van der Waals surface area contributed by atoms with Crippen LogP contribution in [0.25, 0.3) is 11.1 Å². The van der Waals surface area contributed by atoms with Gasteiger partial charge in [-0.15, -0.1) is 0 Å². The normalized spacial score (nSPS) is 12.2. The Morgan fingerprint density at radius 1 is 0.842 bits per heavy atom. The van der Waals surface area contributed by atoms with Crippen LogP contribution in [0, 0.1) is 0 Å². The van der Waals surface area contributed by atoms with Crippen molar-refractivity contribution in [3.05, 3.63) is 60.2 Å². The number of hydrogen-bond donors (Lipinski definition) is 0. The van der Waals surface area contributed by atoms with E-state index in [0.717, 1.165) is 11.1 Å². The zero-order valence-electron chi connectivity index (χ0n) is 9.85. The van der Waals surface area contributed by atoms with E-state index in [1.165, 1.54) is 0 Å². The van der Waals surface area contributed by atoms with Gasteiger partial charge in [0.25, 0.3) is 0 Å². The molecule has 0 aliphatic rings. The van der Waals surface area contributed by atoms with E-state index in [9.17, 15) is 4.79 Å². The predicted molar refractivity (Wildman–Crippen MR) is 84.3 cm³/mol. The van der Waals surface area contributed by atoms with Gasteiger partial charge >= 0.3 is 128 Å². The minimum atomic E-state index is -3.42. The third-order valence-corrected chi connectivity index (χ3v) is 6.49. The number of Topliss-reactive ketones (excluding diaryl/α,β-unsaturated/α-hetero) is 1. The fourth-order valence-electron chi connectivity index (χ4n) is 1.71. The zero-order chi connectivity index (χ0) is 13.9. The average Bonchev–Trinajstić information content (AvgIpc) is 2.38. The van der Waals surface area contributed by atoms with Crippen LogP contribution in [-0.4, -0.2) is 20.6 Å². The van der Waals surface area contributed by atoms with Crippen molar-refractivity contribution in [1.82, 2.24) is 0 Å². The van der Waals surface area contributed by atoms with Crippen LogP contribution in [0.1, 0.15) is 10.4 Å². The second-order valence-electron chi connectivity index (χ2n) is 4.01. The molecule has 0 saturated carbocycles. The van der Waals surface area contributed by atoms with E-state index in [1.807, 2.05) is 42.5 Å². The Labute approximate surface area is 127 Å². The molecular weight excluding hydrogens is 418 g/mol. The molecule has 100 valence electrons. The molecule has 0 unspecified atom stereocenters. The summed E-state index contributed by atoms with van der Waals surface area (Å²) >= 11 is -3.42. The van der Waals surface area contributed by atoms with Gasteiger partial charge in [-0.05, 0) is 0 Å². The van der Waals surface area contributed by atoms with Crippen molar-refractivity contribution in [2.24, 2.45) is 0 Å². The van der Waals surface area contributed by atoms with Crippen LogP contribution >= 0.6 is 26.9 Å². The Hall–Kier alpha value is -0.230. The maximum atomic E-state index is 11.9. The molecule has 0 radical (unpaired) electrons. The average molecular weight is 429 g/mol. The third kappa shape index (κ3) is 4.67. The summed E-state index contributed by atoms with van der Waals surface area (Å²) in [6, 6.07) is 17.3. The summed E-state index contributed by atoms with van der Waals surface area (Å²) in [5.41, 5.74) is 2.77. The molecule has 0 aliphatic heterocycles. The first-order chi connectivity index (χ1) is 8.96. The van der Waals surface area contributed by atoms with Gasteiger partial charge in [-0.2, -0.15) is 0 Å². The first kappa shape index (κ1) is 15.2.